The molecule has 0 atom stereocenters. The zero-order valence-electron chi connectivity index (χ0n) is 18.7. The van der Waals surface area contributed by atoms with Gasteiger partial charge >= 0.3 is 0 Å². The summed E-state index contributed by atoms with van der Waals surface area (Å²) in [5.41, 5.74) is 5.34. The summed E-state index contributed by atoms with van der Waals surface area (Å²) in [5.74, 6) is 0.745. The summed E-state index contributed by atoms with van der Waals surface area (Å²) in [6.45, 7) is 6.14. The van der Waals surface area contributed by atoms with Gasteiger partial charge < -0.3 is 10.1 Å². The predicted molar refractivity (Wildman–Crippen MR) is 134 cm³/mol. The van der Waals surface area contributed by atoms with E-state index in [0.717, 1.165) is 28.0 Å². The van der Waals surface area contributed by atoms with E-state index in [1.807, 2.05) is 49.4 Å². The van der Waals surface area contributed by atoms with E-state index < -0.39 is 0 Å². The zero-order valence-corrected chi connectivity index (χ0v) is 19.5. The topological polar surface area (TPSA) is 81.1 Å². The molecule has 1 heterocycles. The second kappa shape index (κ2) is 9.79. The summed E-state index contributed by atoms with van der Waals surface area (Å²) in [6.07, 6.45) is 0. The van der Waals surface area contributed by atoms with Gasteiger partial charge in [0.25, 0.3) is 5.91 Å². The van der Waals surface area contributed by atoms with Gasteiger partial charge in [-0.25, -0.2) is 0 Å². The van der Waals surface area contributed by atoms with Crippen molar-refractivity contribution in [2.45, 2.75) is 26.7 Å². The van der Waals surface area contributed by atoms with Gasteiger partial charge in [-0.3, -0.25) is 10.1 Å². The van der Waals surface area contributed by atoms with Crippen molar-refractivity contribution in [2.24, 2.45) is 0 Å². The average Bonchev–Trinajstić information content (AvgIpc) is 3.21. The molecule has 8 heteroatoms. The second-order valence-electron chi connectivity index (χ2n) is 8.00. The summed E-state index contributed by atoms with van der Waals surface area (Å²) >= 11 is 5.30. The Bertz CT molecular complexity index is 1280. The molecule has 168 valence electrons. The molecule has 0 radical (unpaired) electrons. The van der Waals surface area contributed by atoms with Gasteiger partial charge in [0.15, 0.2) is 11.7 Å². The standard InChI is InChI=1S/C25H25N5O2S/c1-16(2)18-9-11-19(12-10-18)30-28-22-13-17(3)21(14-23(22)29-30)26-25(33)27-24(31)15-32-20-7-5-4-6-8-20/h4-14,16H,15H2,1-3H3,(H2,26,27,31,33). The third-order valence-electron chi connectivity index (χ3n) is 5.13. The highest BCUT2D eigenvalue weighted by molar-refractivity contribution is 7.80. The van der Waals surface area contributed by atoms with Crippen molar-refractivity contribution >= 4 is 40.0 Å². The van der Waals surface area contributed by atoms with Crippen molar-refractivity contribution in [3.63, 3.8) is 0 Å². The third kappa shape index (κ3) is 5.53. The Hall–Kier alpha value is -3.78. The van der Waals surface area contributed by atoms with Gasteiger partial charge in [-0.15, -0.1) is 10.2 Å². The number of ether oxygens (including phenoxy) is 1. The number of carbonyl (C=O) groups excluding carboxylic acids is 1. The number of aromatic nitrogens is 3. The molecule has 0 aliphatic rings. The van der Waals surface area contributed by atoms with Crippen LogP contribution >= 0.6 is 12.2 Å². The van der Waals surface area contributed by atoms with E-state index in [-0.39, 0.29) is 17.6 Å². The third-order valence-corrected chi connectivity index (χ3v) is 5.34. The quantitative estimate of drug-likeness (QED) is 0.405. The molecule has 33 heavy (non-hydrogen) atoms. The van der Waals surface area contributed by atoms with Gasteiger partial charge in [-0.2, -0.15) is 4.80 Å². The summed E-state index contributed by atoms with van der Waals surface area (Å²) < 4.78 is 5.44. The van der Waals surface area contributed by atoms with Crippen molar-refractivity contribution in [1.29, 1.82) is 0 Å². The lowest BCUT2D eigenvalue weighted by Crippen LogP contribution is -2.37. The van der Waals surface area contributed by atoms with Crippen LogP contribution in [0.4, 0.5) is 5.69 Å². The maximum atomic E-state index is 12.2. The number of fused-ring (bicyclic) bond motifs is 1. The van der Waals surface area contributed by atoms with Crippen molar-refractivity contribution < 1.29 is 9.53 Å². The van der Waals surface area contributed by atoms with Gasteiger partial charge in [0.2, 0.25) is 0 Å². The average molecular weight is 460 g/mol. The Kier molecular flexibility index (Phi) is 6.65. The van der Waals surface area contributed by atoms with Gasteiger partial charge in [-0.1, -0.05) is 44.2 Å². The zero-order chi connectivity index (χ0) is 23.4. The van der Waals surface area contributed by atoms with Gasteiger partial charge in [0.05, 0.1) is 5.69 Å². The first-order chi connectivity index (χ1) is 15.9. The summed E-state index contributed by atoms with van der Waals surface area (Å²) in [6, 6.07) is 21.2. The number of nitrogens with zero attached hydrogens (tertiary/aromatic N) is 3. The first-order valence-electron chi connectivity index (χ1n) is 10.7. The molecule has 0 spiro atoms. The van der Waals surface area contributed by atoms with Crippen LogP contribution in [-0.4, -0.2) is 32.6 Å². The number of rotatable bonds is 6. The minimum Gasteiger partial charge on any atom is -0.484 e. The van der Waals surface area contributed by atoms with Crippen molar-refractivity contribution in [1.82, 2.24) is 20.3 Å². The normalized spacial score (nSPS) is 10.9. The Labute approximate surface area is 197 Å². The van der Waals surface area contributed by atoms with Crippen LogP contribution in [0.2, 0.25) is 0 Å². The molecule has 0 fully saturated rings. The second-order valence-corrected chi connectivity index (χ2v) is 8.40. The van der Waals surface area contributed by atoms with Crippen LogP contribution in [0.5, 0.6) is 5.75 Å². The smallest absolute Gasteiger partial charge is 0.264 e. The van der Waals surface area contributed by atoms with E-state index in [1.165, 1.54) is 5.56 Å². The first-order valence-corrected chi connectivity index (χ1v) is 11.1. The van der Waals surface area contributed by atoms with Crippen LogP contribution in [0.1, 0.15) is 30.9 Å². The van der Waals surface area contributed by atoms with Crippen LogP contribution in [0.25, 0.3) is 16.7 Å². The molecule has 0 aliphatic carbocycles. The molecule has 0 saturated heterocycles. The van der Waals surface area contributed by atoms with Crippen LogP contribution in [0.3, 0.4) is 0 Å². The van der Waals surface area contributed by atoms with E-state index in [1.54, 1.807) is 16.9 Å². The largest absolute Gasteiger partial charge is 0.484 e. The highest BCUT2D eigenvalue weighted by Gasteiger charge is 2.11. The van der Waals surface area contributed by atoms with Crippen LogP contribution in [-0.2, 0) is 4.79 Å². The summed E-state index contributed by atoms with van der Waals surface area (Å²) in [5, 5.41) is 15.1. The minimum atomic E-state index is -0.342. The Balaban J connectivity index is 1.42. The molecule has 0 unspecified atom stereocenters. The van der Waals surface area contributed by atoms with Crippen molar-refractivity contribution in [3.8, 4) is 11.4 Å². The van der Waals surface area contributed by atoms with Crippen LogP contribution < -0.4 is 15.4 Å². The van der Waals surface area contributed by atoms with E-state index in [2.05, 4.69) is 46.8 Å². The molecule has 0 saturated carbocycles. The number of aryl methyl sites for hydroxylation is 1. The van der Waals surface area contributed by atoms with E-state index >= 15 is 0 Å². The number of nitrogens with one attached hydrogen (secondary N) is 2. The maximum absolute atomic E-state index is 12.2. The molecule has 0 bridgehead atoms. The van der Waals surface area contributed by atoms with Gasteiger partial charge in [-0.05, 0) is 72.6 Å². The van der Waals surface area contributed by atoms with Gasteiger partial charge in [0.1, 0.15) is 16.8 Å². The van der Waals surface area contributed by atoms with Crippen molar-refractivity contribution in [3.05, 3.63) is 77.9 Å². The van der Waals surface area contributed by atoms with Crippen molar-refractivity contribution in [2.75, 3.05) is 11.9 Å². The summed E-state index contributed by atoms with van der Waals surface area (Å²) in [4.78, 5) is 13.8. The Morgan fingerprint density at radius 1 is 1.03 bits per heavy atom. The van der Waals surface area contributed by atoms with Crippen LogP contribution in [0, 0.1) is 6.92 Å². The lowest BCUT2D eigenvalue weighted by Gasteiger charge is -2.12. The number of hydrogen-bond acceptors (Lipinski definition) is 5. The number of carbonyl (C=O) groups is 1. The fraction of sp³-hybridized carbons (Fsp3) is 0.200. The number of amides is 1. The highest BCUT2D eigenvalue weighted by Crippen LogP contribution is 2.23. The molecule has 7 nitrogen and oxygen atoms in total. The minimum absolute atomic E-state index is 0.131. The van der Waals surface area contributed by atoms with Gasteiger partial charge in [0, 0.05) is 5.69 Å². The lowest BCUT2D eigenvalue weighted by atomic mass is 10.0. The number of benzene rings is 3. The lowest BCUT2D eigenvalue weighted by molar-refractivity contribution is -0.121. The Morgan fingerprint density at radius 2 is 1.70 bits per heavy atom. The SMILES string of the molecule is Cc1cc2nn(-c3ccc(C(C)C)cc3)nc2cc1NC(=S)NC(=O)COc1ccccc1. The molecule has 4 aromatic rings. The van der Waals surface area contributed by atoms with Crippen LogP contribution in [0.15, 0.2) is 66.7 Å². The fourth-order valence-corrected chi connectivity index (χ4v) is 3.52. The number of para-hydroxylation sites is 1. The molecule has 4 rings (SSSR count). The monoisotopic (exact) mass is 459 g/mol. The number of anilines is 1. The molecule has 3 aromatic carbocycles. The first kappa shape index (κ1) is 22.4. The van der Waals surface area contributed by atoms with E-state index in [0.29, 0.717) is 11.7 Å². The summed E-state index contributed by atoms with van der Waals surface area (Å²) in [7, 11) is 0. The van der Waals surface area contributed by atoms with E-state index in [9.17, 15) is 4.79 Å². The maximum Gasteiger partial charge on any atom is 0.264 e. The number of hydrogen-bond donors (Lipinski definition) is 2. The highest BCUT2D eigenvalue weighted by atomic mass is 32.1. The fourth-order valence-electron chi connectivity index (χ4n) is 3.29. The molecular weight excluding hydrogens is 434 g/mol. The molecular formula is C25H25N5O2S. The molecule has 1 amide bonds. The predicted octanol–water partition coefficient (Wildman–Crippen LogP) is 4.74. The molecule has 1 aromatic heterocycles. The molecule has 2 N–H and O–H groups in total. The van der Waals surface area contributed by atoms with E-state index in [4.69, 9.17) is 17.0 Å². The number of thiocarbonyl (C=S) groups is 1. The molecule has 0 aliphatic heterocycles. The Morgan fingerprint density at radius 3 is 2.36 bits per heavy atom.